The van der Waals surface area contributed by atoms with Crippen LogP contribution in [-0.2, 0) is 19.0 Å². The van der Waals surface area contributed by atoms with E-state index in [9.17, 15) is 4.79 Å². The number of carbonyl (C=O) groups is 1. The summed E-state index contributed by atoms with van der Waals surface area (Å²) in [6.07, 6.45) is 0. The van der Waals surface area contributed by atoms with Crippen molar-refractivity contribution in [2.24, 2.45) is 0 Å². The number of hydrogen-bond donors (Lipinski definition) is 0. The Labute approximate surface area is 99.8 Å². The van der Waals surface area contributed by atoms with Crippen molar-refractivity contribution < 1.29 is 19.0 Å². The van der Waals surface area contributed by atoms with Crippen molar-refractivity contribution in [2.45, 2.75) is 6.92 Å². The summed E-state index contributed by atoms with van der Waals surface area (Å²) in [7, 11) is 0. The van der Waals surface area contributed by atoms with Gasteiger partial charge >= 0.3 is 5.97 Å². The van der Waals surface area contributed by atoms with Gasteiger partial charge in [-0.3, -0.25) is 0 Å². The van der Waals surface area contributed by atoms with Gasteiger partial charge in [-0.2, -0.15) is 0 Å². The summed E-state index contributed by atoms with van der Waals surface area (Å²) in [5.74, 6) is 0.130. The normalized spacial score (nSPS) is 14.9. The van der Waals surface area contributed by atoms with Crippen LogP contribution in [0.5, 0.6) is 0 Å². The largest absolute Gasteiger partial charge is 0.485 e. The second-order valence-electron chi connectivity index (χ2n) is 3.44. The van der Waals surface area contributed by atoms with E-state index < -0.39 is 5.97 Å². The molecule has 0 N–H and O–H groups in total. The van der Waals surface area contributed by atoms with Gasteiger partial charge in [0, 0.05) is 5.56 Å². The van der Waals surface area contributed by atoms with Gasteiger partial charge in [0.1, 0.15) is 13.2 Å². The molecule has 0 fully saturated rings. The fraction of sp³-hybridized carbons (Fsp3) is 0.308. The Morgan fingerprint density at radius 3 is 2.65 bits per heavy atom. The van der Waals surface area contributed by atoms with Crippen LogP contribution in [0.3, 0.4) is 0 Å². The van der Waals surface area contributed by atoms with Gasteiger partial charge in [-0.25, -0.2) is 4.79 Å². The predicted molar refractivity (Wildman–Crippen MR) is 61.9 cm³/mol. The molecule has 1 aliphatic heterocycles. The zero-order valence-electron chi connectivity index (χ0n) is 9.64. The van der Waals surface area contributed by atoms with Gasteiger partial charge in [0.2, 0.25) is 5.76 Å². The van der Waals surface area contributed by atoms with E-state index in [4.69, 9.17) is 14.2 Å². The predicted octanol–water partition coefficient (Wildman–Crippen LogP) is 1.97. The molecule has 1 aliphatic rings. The highest BCUT2D eigenvalue weighted by Gasteiger charge is 2.24. The summed E-state index contributed by atoms with van der Waals surface area (Å²) in [5, 5.41) is 0. The first-order valence-corrected chi connectivity index (χ1v) is 5.55. The SMILES string of the molecule is CCOC(=O)C1=C(c2ccccc2)OCCO1. The maximum absolute atomic E-state index is 11.7. The van der Waals surface area contributed by atoms with Crippen molar-refractivity contribution in [3.8, 4) is 0 Å². The fourth-order valence-corrected chi connectivity index (χ4v) is 1.57. The van der Waals surface area contributed by atoms with Crippen LogP contribution in [0.25, 0.3) is 5.76 Å². The van der Waals surface area contributed by atoms with Crippen molar-refractivity contribution in [2.75, 3.05) is 19.8 Å². The van der Waals surface area contributed by atoms with Crippen molar-refractivity contribution in [3.05, 3.63) is 41.7 Å². The van der Waals surface area contributed by atoms with E-state index in [1.54, 1.807) is 6.92 Å². The molecule has 4 nitrogen and oxygen atoms in total. The molecule has 0 spiro atoms. The molecule has 0 saturated heterocycles. The van der Waals surface area contributed by atoms with E-state index in [0.717, 1.165) is 5.56 Å². The van der Waals surface area contributed by atoms with Crippen LogP contribution in [-0.4, -0.2) is 25.8 Å². The Morgan fingerprint density at radius 2 is 1.94 bits per heavy atom. The summed E-state index contributed by atoms with van der Waals surface area (Å²) < 4.78 is 15.8. The van der Waals surface area contributed by atoms with Crippen LogP contribution in [0.15, 0.2) is 36.1 Å². The highest BCUT2D eigenvalue weighted by Crippen LogP contribution is 2.24. The molecule has 0 unspecified atom stereocenters. The van der Waals surface area contributed by atoms with Crippen LogP contribution in [0.4, 0.5) is 0 Å². The quantitative estimate of drug-likeness (QED) is 0.750. The molecular weight excluding hydrogens is 220 g/mol. The third kappa shape index (κ3) is 2.58. The Hall–Kier alpha value is -1.97. The number of esters is 1. The topological polar surface area (TPSA) is 44.8 Å². The smallest absolute Gasteiger partial charge is 0.377 e. The van der Waals surface area contributed by atoms with E-state index in [1.807, 2.05) is 30.3 Å². The molecule has 1 aromatic carbocycles. The standard InChI is InChI=1S/C13H14O4/c1-2-15-13(14)12-11(16-8-9-17-12)10-6-4-3-5-7-10/h3-7H,2,8-9H2,1H3. The zero-order valence-corrected chi connectivity index (χ0v) is 9.64. The fourth-order valence-electron chi connectivity index (χ4n) is 1.57. The number of rotatable bonds is 3. The van der Waals surface area contributed by atoms with Crippen molar-refractivity contribution in [1.29, 1.82) is 0 Å². The van der Waals surface area contributed by atoms with Gasteiger partial charge in [0.15, 0.2) is 5.76 Å². The Balaban J connectivity index is 2.35. The molecule has 0 aliphatic carbocycles. The van der Waals surface area contributed by atoms with Crippen molar-refractivity contribution in [3.63, 3.8) is 0 Å². The monoisotopic (exact) mass is 234 g/mol. The van der Waals surface area contributed by atoms with E-state index in [0.29, 0.717) is 25.6 Å². The second-order valence-corrected chi connectivity index (χ2v) is 3.44. The summed E-state index contributed by atoms with van der Waals surface area (Å²) in [6, 6.07) is 9.39. The molecule has 17 heavy (non-hydrogen) atoms. The van der Waals surface area contributed by atoms with Crippen LogP contribution in [0, 0.1) is 0 Å². The highest BCUT2D eigenvalue weighted by molar-refractivity contribution is 5.94. The molecule has 0 bridgehead atoms. The highest BCUT2D eigenvalue weighted by atomic mass is 16.6. The Kier molecular flexibility index (Phi) is 3.65. The molecule has 0 atom stereocenters. The Morgan fingerprint density at radius 1 is 1.24 bits per heavy atom. The molecule has 0 aromatic heterocycles. The number of hydrogen-bond acceptors (Lipinski definition) is 4. The van der Waals surface area contributed by atoms with Crippen molar-refractivity contribution >= 4 is 11.7 Å². The van der Waals surface area contributed by atoms with Gasteiger partial charge in [-0.15, -0.1) is 0 Å². The van der Waals surface area contributed by atoms with Crippen LogP contribution in [0.2, 0.25) is 0 Å². The van der Waals surface area contributed by atoms with Crippen LogP contribution in [0.1, 0.15) is 12.5 Å². The van der Waals surface area contributed by atoms with Gasteiger partial charge in [-0.05, 0) is 6.92 Å². The van der Waals surface area contributed by atoms with E-state index in [2.05, 4.69) is 0 Å². The summed E-state index contributed by atoms with van der Waals surface area (Å²) >= 11 is 0. The average Bonchev–Trinajstić information content (AvgIpc) is 2.40. The third-order valence-corrected chi connectivity index (χ3v) is 2.28. The molecule has 2 rings (SSSR count). The molecule has 1 aromatic rings. The molecule has 90 valence electrons. The molecular formula is C13H14O4. The maximum Gasteiger partial charge on any atom is 0.377 e. The lowest BCUT2D eigenvalue weighted by atomic mass is 10.1. The van der Waals surface area contributed by atoms with E-state index in [1.165, 1.54) is 0 Å². The second kappa shape index (κ2) is 5.39. The minimum absolute atomic E-state index is 0.157. The van der Waals surface area contributed by atoms with Crippen LogP contribution >= 0.6 is 0 Å². The lowest BCUT2D eigenvalue weighted by Crippen LogP contribution is -2.20. The first-order chi connectivity index (χ1) is 8.33. The van der Waals surface area contributed by atoms with E-state index in [-0.39, 0.29) is 5.76 Å². The molecule has 4 heteroatoms. The molecule has 1 heterocycles. The van der Waals surface area contributed by atoms with Gasteiger partial charge in [-0.1, -0.05) is 30.3 Å². The lowest BCUT2D eigenvalue weighted by molar-refractivity contribution is -0.143. The lowest BCUT2D eigenvalue weighted by Gasteiger charge is -2.20. The minimum Gasteiger partial charge on any atom is -0.485 e. The Bertz CT molecular complexity index is 422. The number of ether oxygens (including phenoxy) is 3. The molecule has 0 saturated carbocycles. The van der Waals surface area contributed by atoms with Crippen molar-refractivity contribution in [1.82, 2.24) is 0 Å². The molecule has 0 amide bonds. The number of carbonyl (C=O) groups excluding carboxylic acids is 1. The van der Waals surface area contributed by atoms with Gasteiger partial charge in [0.25, 0.3) is 0 Å². The first-order valence-electron chi connectivity index (χ1n) is 5.55. The average molecular weight is 234 g/mol. The van der Waals surface area contributed by atoms with Crippen LogP contribution < -0.4 is 0 Å². The summed E-state index contributed by atoms with van der Waals surface area (Å²) in [6.45, 7) is 2.87. The van der Waals surface area contributed by atoms with Gasteiger partial charge < -0.3 is 14.2 Å². The summed E-state index contributed by atoms with van der Waals surface area (Å²) in [4.78, 5) is 11.7. The third-order valence-electron chi connectivity index (χ3n) is 2.28. The zero-order chi connectivity index (χ0) is 12.1. The molecule has 0 radical (unpaired) electrons. The number of benzene rings is 1. The first kappa shape index (κ1) is 11.5. The van der Waals surface area contributed by atoms with E-state index >= 15 is 0 Å². The minimum atomic E-state index is -0.481. The maximum atomic E-state index is 11.7. The van der Waals surface area contributed by atoms with Gasteiger partial charge in [0.05, 0.1) is 6.61 Å². The summed E-state index contributed by atoms with van der Waals surface area (Å²) in [5.41, 5.74) is 0.815.